The van der Waals surface area contributed by atoms with Crippen LogP contribution in [0.4, 0.5) is 11.4 Å². The van der Waals surface area contributed by atoms with Gasteiger partial charge in [0.2, 0.25) is 5.91 Å². The molecule has 0 aromatic heterocycles. The molecule has 30 heavy (non-hydrogen) atoms. The minimum absolute atomic E-state index is 0.108. The molecule has 0 aliphatic carbocycles. The molecule has 0 radical (unpaired) electrons. The van der Waals surface area contributed by atoms with E-state index < -0.39 is 5.41 Å². The third kappa shape index (κ3) is 2.99. The van der Waals surface area contributed by atoms with Gasteiger partial charge in [0.15, 0.2) is 0 Å². The molecule has 5 heteroatoms. The lowest BCUT2D eigenvalue weighted by molar-refractivity contribution is -0.123. The van der Waals surface area contributed by atoms with E-state index in [0.29, 0.717) is 0 Å². The van der Waals surface area contributed by atoms with Gasteiger partial charge in [0.05, 0.1) is 5.41 Å². The van der Waals surface area contributed by atoms with Crippen molar-refractivity contribution in [1.82, 2.24) is 4.90 Å². The number of hydrogen-bond acceptors (Lipinski definition) is 3. The smallest absolute Gasteiger partial charge is 0.253 e. The highest BCUT2D eigenvalue weighted by Gasteiger charge is 2.51. The van der Waals surface area contributed by atoms with E-state index in [9.17, 15) is 9.59 Å². The van der Waals surface area contributed by atoms with E-state index in [0.717, 1.165) is 68.7 Å². The number of benzene rings is 2. The molecule has 0 saturated carbocycles. The second-order valence-electron chi connectivity index (χ2n) is 8.85. The molecule has 2 amide bonds. The van der Waals surface area contributed by atoms with E-state index in [1.54, 1.807) is 4.90 Å². The Balaban J connectivity index is 1.44. The predicted molar refractivity (Wildman–Crippen MR) is 119 cm³/mol. The summed E-state index contributed by atoms with van der Waals surface area (Å²) >= 11 is 0. The van der Waals surface area contributed by atoms with Gasteiger partial charge in [0.1, 0.15) is 0 Å². The lowest BCUT2D eigenvalue weighted by Gasteiger charge is -2.39. The first-order valence-corrected chi connectivity index (χ1v) is 11.1. The van der Waals surface area contributed by atoms with Crippen LogP contribution < -0.4 is 9.80 Å². The van der Waals surface area contributed by atoms with Crippen molar-refractivity contribution in [3.05, 3.63) is 59.7 Å². The number of carbonyl (C=O) groups is 2. The molecule has 2 fully saturated rings. The molecule has 0 unspecified atom stereocenters. The van der Waals surface area contributed by atoms with Gasteiger partial charge in [-0.25, -0.2) is 0 Å². The van der Waals surface area contributed by atoms with Crippen LogP contribution in [0, 0.1) is 0 Å². The standard InChI is InChI=1S/C25H29N3O2/c1-26-22-11-10-19(23(29)28-14-6-3-7-15-28)18-21(22)25(24(26)30)12-16-27(17-13-25)20-8-4-2-5-9-20/h2,4-5,8-11,18H,3,6-7,12-17H2,1H3. The molecule has 5 rings (SSSR count). The molecule has 3 aliphatic heterocycles. The first-order valence-electron chi connectivity index (χ1n) is 11.1. The van der Waals surface area contributed by atoms with Gasteiger partial charge >= 0.3 is 0 Å². The molecule has 1 spiro atoms. The van der Waals surface area contributed by atoms with E-state index in [2.05, 4.69) is 29.2 Å². The highest BCUT2D eigenvalue weighted by molar-refractivity contribution is 6.09. The maximum atomic E-state index is 13.4. The molecule has 3 heterocycles. The van der Waals surface area contributed by atoms with Crippen molar-refractivity contribution in [2.75, 3.05) is 43.0 Å². The van der Waals surface area contributed by atoms with Gasteiger partial charge in [0.25, 0.3) is 5.91 Å². The third-order valence-corrected chi connectivity index (χ3v) is 7.22. The lowest BCUT2D eigenvalue weighted by atomic mass is 9.73. The molecule has 0 bridgehead atoms. The highest BCUT2D eigenvalue weighted by atomic mass is 16.2. The Kier molecular flexibility index (Phi) is 4.76. The third-order valence-electron chi connectivity index (χ3n) is 7.22. The minimum atomic E-state index is -0.506. The van der Waals surface area contributed by atoms with Gasteiger partial charge in [-0.2, -0.15) is 0 Å². The lowest BCUT2D eigenvalue weighted by Crippen LogP contribution is -2.48. The van der Waals surface area contributed by atoms with Gasteiger partial charge in [-0.3, -0.25) is 9.59 Å². The quantitative estimate of drug-likeness (QED) is 0.766. The van der Waals surface area contributed by atoms with E-state index in [4.69, 9.17) is 0 Å². The zero-order valence-electron chi connectivity index (χ0n) is 17.6. The first kappa shape index (κ1) is 19.2. The van der Waals surface area contributed by atoms with Gasteiger partial charge in [-0.1, -0.05) is 18.2 Å². The summed E-state index contributed by atoms with van der Waals surface area (Å²) in [5.74, 6) is 0.282. The number of hydrogen-bond donors (Lipinski definition) is 0. The number of piperidine rings is 2. The maximum Gasteiger partial charge on any atom is 0.253 e. The van der Waals surface area contributed by atoms with Crippen LogP contribution in [0.25, 0.3) is 0 Å². The van der Waals surface area contributed by atoms with Crippen molar-refractivity contribution in [1.29, 1.82) is 0 Å². The van der Waals surface area contributed by atoms with Crippen LogP contribution >= 0.6 is 0 Å². The summed E-state index contributed by atoms with van der Waals surface area (Å²) in [7, 11) is 1.87. The molecular weight excluding hydrogens is 374 g/mol. The van der Waals surface area contributed by atoms with Crippen molar-refractivity contribution in [2.45, 2.75) is 37.5 Å². The number of likely N-dealkylation sites (tertiary alicyclic amines) is 1. The summed E-state index contributed by atoms with van der Waals surface area (Å²) in [5, 5.41) is 0. The van der Waals surface area contributed by atoms with Crippen LogP contribution in [-0.2, 0) is 10.2 Å². The van der Waals surface area contributed by atoms with Gasteiger partial charge in [0, 0.05) is 50.2 Å². The minimum Gasteiger partial charge on any atom is -0.371 e. The number of likely N-dealkylation sites (N-methyl/N-ethyl adjacent to an activating group) is 1. The van der Waals surface area contributed by atoms with E-state index in [1.165, 1.54) is 12.1 Å². The number of amides is 2. The number of para-hydroxylation sites is 1. The van der Waals surface area contributed by atoms with Crippen molar-refractivity contribution >= 4 is 23.2 Å². The Morgan fingerprint density at radius 3 is 2.30 bits per heavy atom. The molecule has 2 aromatic carbocycles. The molecule has 0 atom stereocenters. The number of rotatable bonds is 2. The van der Waals surface area contributed by atoms with E-state index in [1.807, 2.05) is 36.2 Å². The number of anilines is 2. The fraction of sp³-hybridized carbons (Fsp3) is 0.440. The van der Waals surface area contributed by atoms with E-state index in [-0.39, 0.29) is 11.8 Å². The summed E-state index contributed by atoms with van der Waals surface area (Å²) in [6.45, 7) is 3.36. The van der Waals surface area contributed by atoms with Crippen molar-refractivity contribution in [3.63, 3.8) is 0 Å². The average Bonchev–Trinajstić information content (AvgIpc) is 3.02. The fourth-order valence-electron chi connectivity index (χ4n) is 5.44. The van der Waals surface area contributed by atoms with Crippen LogP contribution in [0.2, 0.25) is 0 Å². The largest absolute Gasteiger partial charge is 0.371 e. The summed E-state index contributed by atoms with van der Waals surface area (Å²) in [6, 6.07) is 16.3. The van der Waals surface area contributed by atoms with Crippen molar-refractivity contribution in [3.8, 4) is 0 Å². The normalized spacial score (nSPS) is 20.6. The molecular formula is C25H29N3O2. The molecule has 0 N–H and O–H groups in total. The van der Waals surface area contributed by atoms with Crippen LogP contribution in [0.15, 0.2) is 48.5 Å². The fourth-order valence-corrected chi connectivity index (χ4v) is 5.44. The SMILES string of the molecule is CN1C(=O)C2(CCN(c3ccccc3)CC2)c2cc(C(=O)N3CCCCC3)ccc21. The molecule has 156 valence electrons. The van der Waals surface area contributed by atoms with Crippen LogP contribution in [0.1, 0.15) is 48.0 Å². The summed E-state index contributed by atoms with van der Waals surface area (Å²) in [4.78, 5) is 32.6. The zero-order valence-corrected chi connectivity index (χ0v) is 17.6. The molecule has 5 nitrogen and oxygen atoms in total. The predicted octanol–water partition coefficient (Wildman–Crippen LogP) is 3.83. The number of carbonyl (C=O) groups excluding carboxylic acids is 2. The molecule has 2 saturated heterocycles. The first-order chi connectivity index (χ1) is 14.6. The Labute approximate surface area is 178 Å². The summed E-state index contributed by atoms with van der Waals surface area (Å²) in [5.41, 5.74) is 3.44. The second-order valence-corrected chi connectivity index (χ2v) is 8.85. The van der Waals surface area contributed by atoms with Crippen molar-refractivity contribution < 1.29 is 9.59 Å². The number of nitrogens with zero attached hydrogens (tertiary/aromatic N) is 3. The maximum absolute atomic E-state index is 13.4. The van der Waals surface area contributed by atoms with Gasteiger partial charge in [-0.05, 0) is 68.0 Å². The Morgan fingerprint density at radius 1 is 0.900 bits per heavy atom. The number of fused-ring (bicyclic) bond motifs is 2. The Bertz CT molecular complexity index is 958. The van der Waals surface area contributed by atoms with Crippen LogP contribution in [-0.4, -0.2) is 49.9 Å². The topological polar surface area (TPSA) is 43.9 Å². The summed E-state index contributed by atoms with van der Waals surface area (Å²) in [6.07, 6.45) is 4.92. The average molecular weight is 404 g/mol. The van der Waals surface area contributed by atoms with Crippen LogP contribution in [0.5, 0.6) is 0 Å². The summed E-state index contributed by atoms with van der Waals surface area (Å²) < 4.78 is 0. The second kappa shape index (κ2) is 7.46. The molecule has 2 aromatic rings. The van der Waals surface area contributed by atoms with Crippen molar-refractivity contribution in [2.24, 2.45) is 0 Å². The van der Waals surface area contributed by atoms with Gasteiger partial charge in [-0.15, -0.1) is 0 Å². The van der Waals surface area contributed by atoms with Gasteiger partial charge < -0.3 is 14.7 Å². The monoisotopic (exact) mass is 403 g/mol. The van der Waals surface area contributed by atoms with E-state index >= 15 is 0 Å². The Hall–Kier alpha value is -2.82. The molecule has 3 aliphatic rings. The van der Waals surface area contributed by atoms with Crippen LogP contribution in [0.3, 0.4) is 0 Å². The highest BCUT2D eigenvalue weighted by Crippen LogP contribution is 2.48. The zero-order chi connectivity index (χ0) is 20.7. The Morgan fingerprint density at radius 2 is 1.60 bits per heavy atom.